The molecule has 0 unspecified atom stereocenters. The lowest BCUT2D eigenvalue weighted by Gasteiger charge is -2.40. The first-order valence-corrected chi connectivity index (χ1v) is 27.7. The molecule has 1 fully saturated rings. The molecule has 396 valence electrons. The highest BCUT2D eigenvalue weighted by atomic mass is 35.5. The van der Waals surface area contributed by atoms with Crippen LogP contribution in [0.2, 0.25) is 28.2 Å². The highest BCUT2D eigenvalue weighted by Gasteiger charge is 2.41. The standard InChI is InChI=1S/C25H32ClN5O5SSi.C19H18ClN5O5S.C4H8O/c1-15-19(13-14-20(28-6)21(15)26)29-22(16(2)34-38(7,8)25(3,4)5)24-31-30-23(32-24)17-9-11-18(12-10-17)33-37-36-35-27;1-10-14(8-9-15(22-3)16(10)20)23-17(11(2)26)19-25-24-18(27-19)12-4-6-13(7-5-12)28-31-30-29-21;1-2-4-5-3-1/h9-14,16,22,29H,27H2,1-5,7-8H3;4-9,11,17,23,26H,21H2,1-2H3;1-4H2/t16-,22+;11-,17+;/m00./s1. The van der Waals surface area contributed by atoms with E-state index < -0.39 is 26.5 Å². The maximum absolute atomic E-state index is 10.3. The number of nitrogens with zero attached hydrogens (tertiary/aromatic N) is 6. The Morgan fingerprint density at radius 2 is 1.11 bits per heavy atom. The van der Waals surface area contributed by atoms with Gasteiger partial charge in [-0.05, 0) is 130 Å². The summed E-state index contributed by atoms with van der Waals surface area (Å²) < 4.78 is 42.8. The Morgan fingerprint density at radius 1 is 0.689 bits per heavy atom. The molecule has 4 aromatic carbocycles. The van der Waals surface area contributed by atoms with E-state index in [9.17, 15) is 5.11 Å². The van der Waals surface area contributed by atoms with Gasteiger partial charge in [0.1, 0.15) is 23.6 Å². The number of aliphatic hydroxyl groups excluding tert-OH is 1. The number of anilines is 2. The number of aromatic nitrogens is 4. The molecular weight excluding hydrogens is 1060 g/mol. The zero-order chi connectivity index (χ0) is 54.0. The summed E-state index contributed by atoms with van der Waals surface area (Å²) in [5.41, 5.74) is 4.92. The van der Waals surface area contributed by atoms with Gasteiger partial charge >= 0.3 is 0 Å². The predicted molar refractivity (Wildman–Crippen MR) is 286 cm³/mol. The second kappa shape index (κ2) is 28.4. The average molecular weight is 1110 g/mol. The largest absolute Gasteiger partial charge is 0.418 e. The number of ether oxygens (including phenoxy) is 1. The molecule has 26 heteroatoms. The molecule has 7 N–H and O–H groups in total. The van der Waals surface area contributed by atoms with Crippen LogP contribution in [0.1, 0.15) is 82.5 Å². The number of aliphatic hydroxyl groups is 1. The zero-order valence-corrected chi connectivity index (χ0v) is 46.2. The van der Waals surface area contributed by atoms with Gasteiger partial charge in [-0.25, -0.2) is 9.69 Å². The summed E-state index contributed by atoms with van der Waals surface area (Å²) in [7, 11) is -2.14. The predicted octanol–water partition coefficient (Wildman–Crippen LogP) is 12.9. The van der Waals surface area contributed by atoms with Crippen molar-refractivity contribution in [1.29, 1.82) is 0 Å². The Bertz CT molecular complexity index is 2800. The lowest BCUT2D eigenvalue weighted by molar-refractivity contribution is -0.199. The Hall–Kier alpha value is -5.52. The van der Waals surface area contributed by atoms with E-state index in [0.29, 0.717) is 91.7 Å². The van der Waals surface area contributed by atoms with Crippen molar-refractivity contribution >= 4 is 78.9 Å². The van der Waals surface area contributed by atoms with Crippen molar-refractivity contribution in [3.8, 4) is 34.4 Å². The lowest BCUT2D eigenvalue weighted by Crippen LogP contribution is -2.45. The van der Waals surface area contributed by atoms with Crippen molar-refractivity contribution in [3.63, 3.8) is 0 Å². The van der Waals surface area contributed by atoms with E-state index in [0.717, 1.165) is 24.5 Å². The first-order valence-electron chi connectivity index (χ1n) is 22.7. The van der Waals surface area contributed by atoms with Crippen molar-refractivity contribution in [1.82, 2.24) is 20.4 Å². The SMILES string of the molecule is C1CCOC1.[C-]#[N+]c1ccc(N[C@@H](c2nnc(-c3ccc(OSOON)cc3)o2)[C@H](C)O)c(C)c1Cl.[C-]#[N+]c1ccc(N[C@@H](c2nnc(-c3ccc(OSOON)cc3)o2)[C@H](C)O[Si](C)(C)C(C)(C)C)c(C)c1Cl. The molecule has 1 aliphatic heterocycles. The number of rotatable bonds is 20. The maximum atomic E-state index is 10.3. The second-order valence-electron chi connectivity index (χ2n) is 17.8. The summed E-state index contributed by atoms with van der Waals surface area (Å²) in [6.07, 6.45) is 1.38. The van der Waals surface area contributed by atoms with Gasteiger partial charge in [0, 0.05) is 35.7 Å². The van der Waals surface area contributed by atoms with Crippen LogP contribution >= 0.6 is 47.8 Å². The molecule has 21 nitrogen and oxygen atoms in total. The number of nitrogens with two attached hydrogens (primary N) is 2. The van der Waals surface area contributed by atoms with Crippen molar-refractivity contribution in [2.45, 2.75) is 104 Å². The second-order valence-corrected chi connectivity index (χ2v) is 24.2. The zero-order valence-electron chi connectivity index (χ0n) is 42.0. The average Bonchev–Trinajstić information content (AvgIpc) is 4.21. The van der Waals surface area contributed by atoms with E-state index in [1.807, 2.05) is 19.9 Å². The van der Waals surface area contributed by atoms with Gasteiger partial charge in [0.15, 0.2) is 8.32 Å². The monoisotopic (exact) mass is 1110 g/mol. The third kappa shape index (κ3) is 16.5. The van der Waals surface area contributed by atoms with Crippen LogP contribution in [0.5, 0.6) is 11.5 Å². The van der Waals surface area contributed by atoms with Gasteiger partial charge in [-0.3, -0.25) is 0 Å². The maximum Gasteiger partial charge on any atom is 0.260 e. The van der Waals surface area contributed by atoms with Crippen LogP contribution < -0.4 is 30.8 Å². The van der Waals surface area contributed by atoms with Crippen LogP contribution in [0.3, 0.4) is 0 Å². The van der Waals surface area contributed by atoms with E-state index in [2.05, 4.69) is 93.2 Å². The molecule has 7 rings (SSSR count). The molecule has 0 saturated carbocycles. The van der Waals surface area contributed by atoms with Gasteiger partial charge in [-0.1, -0.05) is 56.1 Å². The number of hydrogen-bond donors (Lipinski definition) is 5. The highest BCUT2D eigenvalue weighted by Crippen LogP contribution is 2.41. The fourth-order valence-electron chi connectivity index (χ4n) is 6.55. The van der Waals surface area contributed by atoms with Gasteiger partial charge in [0.05, 0.1) is 35.4 Å². The third-order valence-corrected chi connectivity index (χ3v) is 18.0. The van der Waals surface area contributed by atoms with Crippen LogP contribution in [0.15, 0.2) is 81.6 Å². The number of halogens is 2. The normalized spacial score (nSPS) is 13.9. The Labute approximate surface area is 449 Å². The van der Waals surface area contributed by atoms with Crippen LogP contribution in [-0.4, -0.2) is 59.2 Å². The first-order chi connectivity index (χ1) is 35.3. The molecule has 0 aliphatic carbocycles. The highest BCUT2D eigenvalue weighted by molar-refractivity contribution is 7.90. The van der Waals surface area contributed by atoms with E-state index in [-0.39, 0.29) is 22.9 Å². The summed E-state index contributed by atoms with van der Waals surface area (Å²) >= 11 is 13.8. The quantitative estimate of drug-likeness (QED) is 0.0119. The third-order valence-electron chi connectivity index (χ3n) is 11.7. The summed E-state index contributed by atoms with van der Waals surface area (Å²) in [6, 6.07) is 19.4. The molecule has 0 spiro atoms. The Kier molecular flexibility index (Phi) is 22.8. The summed E-state index contributed by atoms with van der Waals surface area (Å²) in [5.74, 6) is 11.7. The molecule has 1 aliphatic rings. The van der Waals surface area contributed by atoms with Gasteiger partial charge < -0.3 is 42.1 Å². The molecule has 6 aromatic rings. The molecule has 1 saturated heterocycles. The van der Waals surface area contributed by atoms with Crippen LogP contribution in [0.25, 0.3) is 32.6 Å². The topological polar surface area (TPSA) is 257 Å². The van der Waals surface area contributed by atoms with E-state index in [4.69, 9.17) is 74.5 Å². The number of hydrogen-bond acceptors (Lipinski definition) is 21. The molecule has 0 radical (unpaired) electrons. The van der Waals surface area contributed by atoms with Gasteiger partial charge in [0.2, 0.25) is 34.9 Å². The molecule has 3 heterocycles. The fraction of sp³-hybridized carbons (Fsp3) is 0.375. The van der Waals surface area contributed by atoms with Gasteiger partial charge in [-0.15, -0.1) is 39.0 Å². The minimum atomic E-state index is -2.14. The molecule has 4 atom stereocenters. The van der Waals surface area contributed by atoms with E-state index in [1.54, 1.807) is 80.6 Å². The molecular formula is C48H58Cl2N10O11S2Si. The fourth-order valence-corrected chi connectivity index (χ4v) is 8.88. The van der Waals surface area contributed by atoms with Crippen molar-refractivity contribution in [3.05, 3.63) is 129 Å². The van der Waals surface area contributed by atoms with Crippen LogP contribution in [0, 0.1) is 27.0 Å². The molecule has 0 amide bonds. The Morgan fingerprint density at radius 3 is 1.47 bits per heavy atom. The molecule has 0 bridgehead atoms. The smallest absolute Gasteiger partial charge is 0.260 e. The molecule has 74 heavy (non-hydrogen) atoms. The molecule has 2 aromatic heterocycles. The van der Waals surface area contributed by atoms with Crippen LogP contribution in [0.4, 0.5) is 22.7 Å². The van der Waals surface area contributed by atoms with Crippen molar-refractivity contribution < 1.29 is 50.1 Å². The summed E-state index contributed by atoms with van der Waals surface area (Å²) in [6.45, 7) is 34.7. The number of nitrogens with one attached hydrogen (secondary N) is 2. The van der Waals surface area contributed by atoms with Crippen LogP contribution in [-0.2, 0) is 27.8 Å². The summed E-state index contributed by atoms with van der Waals surface area (Å²) in [4.78, 5) is 14.8. The van der Waals surface area contributed by atoms with E-state index in [1.165, 1.54) is 12.8 Å². The lowest BCUT2D eigenvalue weighted by atomic mass is 10.1. The van der Waals surface area contributed by atoms with Gasteiger partial charge in [0.25, 0.3) is 24.6 Å². The van der Waals surface area contributed by atoms with Gasteiger partial charge in [-0.2, -0.15) is 11.8 Å². The Balaban J connectivity index is 0.000000254. The summed E-state index contributed by atoms with van der Waals surface area (Å²) in [5, 5.41) is 34.5. The first kappa shape index (κ1) is 59.4. The number of benzene rings is 4. The van der Waals surface area contributed by atoms with Crippen molar-refractivity contribution in [2.75, 3.05) is 23.8 Å². The van der Waals surface area contributed by atoms with E-state index >= 15 is 0 Å². The minimum Gasteiger partial charge on any atom is -0.418 e. The minimum absolute atomic E-state index is 0.00569. The van der Waals surface area contributed by atoms with Crippen molar-refractivity contribution in [2.24, 2.45) is 11.8 Å².